The second-order valence-corrected chi connectivity index (χ2v) is 7.52. The fraction of sp³-hybridized carbons (Fsp3) is 0.750. The molecule has 0 aliphatic carbocycles. The summed E-state index contributed by atoms with van der Waals surface area (Å²) in [6.45, 7) is 9.15. The van der Waals surface area contributed by atoms with Gasteiger partial charge in [-0.25, -0.2) is 0 Å². The fourth-order valence-corrected chi connectivity index (χ4v) is 3.43. The number of carbonyl (C=O) groups excluding carboxylic acids is 1. The van der Waals surface area contributed by atoms with Crippen molar-refractivity contribution in [1.82, 2.24) is 14.9 Å². The highest BCUT2D eigenvalue weighted by atomic mass is 79.9. The Labute approximate surface area is 121 Å². The molecule has 1 heterocycles. The summed E-state index contributed by atoms with van der Waals surface area (Å²) in [5.74, 6) is -0.0693. The average molecular weight is 334 g/mol. The fourth-order valence-electron chi connectivity index (χ4n) is 1.63. The van der Waals surface area contributed by atoms with Crippen LogP contribution in [0.15, 0.2) is 0 Å². The number of hydrogen-bond acceptors (Lipinski definition) is 4. The van der Waals surface area contributed by atoms with Gasteiger partial charge < -0.3 is 5.32 Å². The van der Waals surface area contributed by atoms with Gasteiger partial charge in [0.05, 0.1) is 5.69 Å². The van der Waals surface area contributed by atoms with Crippen LogP contribution in [0.3, 0.4) is 0 Å². The first kappa shape index (κ1) is 15.6. The highest BCUT2D eigenvalue weighted by Gasteiger charge is 2.19. The van der Waals surface area contributed by atoms with Crippen molar-refractivity contribution in [2.75, 3.05) is 6.54 Å². The zero-order chi connectivity index (χ0) is 13.8. The van der Waals surface area contributed by atoms with Gasteiger partial charge in [-0.1, -0.05) is 48.1 Å². The Balaban J connectivity index is 2.47. The normalized spacial score (nSPS) is 13.4. The van der Waals surface area contributed by atoms with Crippen LogP contribution >= 0.6 is 27.5 Å². The lowest BCUT2D eigenvalue weighted by molar-refractivity contribution is 0.0955. The van der Waals surface area contributed by atoms with Gasteiger partial charge in [0.2, 0.25) is 0 Å². The van der Waals surface area contributed by atoms with Crippen molar-refractivity contribution in [3.63, 3.8) is 0 Å². The third kappa shape index (κ3) is 5.02. The first-order valence-corrected chi connectivity index (χ1v) is 7.76. The molecule has 1 atom stereocenters. The van der Waals surface area contributed by atoms with Crippen LogP contribution in [0.2, 0.25) is 0 Å². The Morgan fingerprint density at radius 3 is 2.72 bits per heavy atom. The number of nitrogens with one attached hydrogen (secondary N) is 1. The Morgan fingerprint density at radius 1 is 1.50 bits per heavy atom. The summed E-state index contributed by atoms with van der Waals surface area (Å²) in [5.41, 5.74) is 1.03. The van der Waals surface area contributed by atoms with Crippen molar-refractivity contribution in [1.29, 1.82) is 0 Å². The molecule has 1 aromatic heterocycles. The third-order valence-corrected chi connectivity index (χ3v) is 3.83. The molecule has 4 nitrogen and oxygen atoms in total. The van der Waals surface area contributed by atoms with E-state index in [1.165, 1.54) is 0 Å². The molecule has 1 amide bonds. The number of halogens is 1. The summed E-state index contributed by atoms with van der Waals surface area (Å²) >= 11 is 4.76. The van der Waals surface area contributed by atoms with Crippen LogP contribution in [0.1, 0.15) is 49.5 Å². The van der Waals surface area contributed by atoms with Gasteiger partial charge in [-0.15, -0.1) is 5.10 Å². The van der Waals surface area contributed by atoms with E-state index in [1.54, 1.807) is 0 Å². The lowest BCUT2D eigenvalue weighted by Gasteiger charge is -2.22. The minimum atomic E-state index is -0.0693. The predicted octanol–water partition coefficient (Wildman–Crippen LogP) is 3.03. The van der Waals surface area contributed by atoms with Crippen molar-refractivity contribution < 1.29 is 4.79 Å². The van der Waals surface area contributed by atoms with E-state index in [4.69, 9.17) is 0 Å². The Hall–Kier alpha value is -0.490. The van der Waals surface area contributed by atoms with Crippen LogP contribution in [-0.2, 0) is 6.42 Å². The average Bonchev–Trinajstić information content (AvgIpc) is 2.71. The zero-order valence-electron chi connectivity index (χ0n) is 11.3. The Bertz CT molecular complexity index is 400. The number of hydrogen-bond donors (Lipinski definition) is 1. The minimum Gasteiger partial charge on any atom is -0.350 e. The van der Waals surface area contributed by atoms with Gasteiger partial charge in [0.15, 0.2) is 0 Å². The van der Waals surface area contributed by atoms with E-state index in [2.05, 4.69) is 51.6 Å². The van der Waals surface area contributed by atoms with E-state index in [0.717, 1.165) is 30.1 Å². The number of alkyl halides is 1. The second-order valence-electron chi connectivity index (χ2n) is 5.47. The molecule has 0 saturated carbocycles. The topological polar surface area (TPSA) is 54.9 Å². The summed E-state index contributed by atoms with van der Waals surface area (Å²) in [5, 5.41) is 6.86. The third-order valence-electron chi connectivity index (χ3n) is 2.41. The molecule has 1 unspecified atom stereocenters. The van der Waals surface area contributed by atoms with Crippen molar-refractivity contribution in [2.24, 2.45) is 5.41 Å². The van der Waals surface area contributed by atoms with Crippen molar-refractivity contribution >= 4 is 33.4 Å². The van der Waals surface area contributed by atoms with Gasteiger partial charge in [0.25, 0.3) is 5.91 Å². The van der Waals surface area contributed by atoms with E-state index in [1.807, 2.05) is 6.92 Å². The van der Waals surface area contributed by atoms with Gasteiger partial charge >= 0.3 is 0 Å². The van der Waals surface area contributed by atoms with Crippen LogP contribution in [-0.4, -0.2) is 26.9 Å². The molecule has 1 aromatic rings. The minimum absolute atomic E-state index is 0.0693. The van der Waals surface area contributed by atoms with Crippen molar-refractivity contribution in [3.8, 4) is 0 Å². The van der Waals surface area contributed by atoms with Crippen LogP contribution < -0.4 is 5.32 Å². The first-order valence-electron chi connectivity index (χ1n) is 6.07. The molecule has 1 rings (SSSR count). The standard InChI is InChI=1S/C12H20BrN3OS/c1-5-9-10(18-16-15-9)11(17)14-7-8(13)6-12(2,3)4/h8H,5-7H2,1-4H3,(H,14,17). The Kier molecular flexibility index (Phi) is 5.72. The quantitative estimate of drug-likeness (QED) is 0.842. The highest BCUT2D eigenvalue weighted by molar-refractivity contribution is 9.09. The molecule has 0 aliphatic rings. The van der Waals surface area contributed by atoms with Gasteiger partial charge in [-0.05, 0) is 29.8 Å². The lowest BCUT2D eigenvalue weighted by atomic mass is 9.90. The van der Waals surface area contributed by atoms with Crippen LogP contribution in [0.4, 0.5) is 0 Å². The van der Waals surface area contributed by atoms with Crippen LogP contribution in [0, 0.1) is 5.41 Å². The molecule has 1 N–H and O–H groups in total. The van der Waals surface area contributed by atoms with E-state index in [0.29, 0.717) is 11.4 Å². The highest BCUT2D eigenvalue weighted by Crippen LogP contribution is 2.24. The van der Waals surface area contributed by atoms with Gasteiger partial charge in [-0.3, -0.25) is 4.79 Å². The molecule has 6 heteroatoms. The maximum Gasteiger partial charge on any atom is 0.264 e. The largest absolute Gasteiger partial charge is 0.350 e. The van der Waals surface area contributed by atoms with E-state index < -0.39 is 0 Å². The molecule has 0 aromatic carbocycles. The number of aryl methyl sites for hydroxylation is 1. The molecule has 0 bridgehead atoms. The van der Waals surface area contributed by atoms with Crippen molar-refractivity contribution in [3.05, 3.63) is 10.6 Å². The summed E-state index contributed by atoms with van der Waals surface area (Å²) in [4.78, 5) is 12.9. The summed E-state index contributed by atoms with van der Waals surface area (Å²) in [7, 11) is 0. The SMILES string of the molecule is CCc1nnsc1C(=O)NCC(Br)CC(C)(C)C. The molecule has 18 heavy (non-hydrogen) atoms. The van der Waals surface area contributed by atoms with Gasteiger partial charge in [-0.2, -0.15) is 0 Å². The molecule has 0 saturated heterocycles. The first-order chi connectivity index (χ1) is 8.33. The van der Waals surface area contributed by atoms with Crippen molar-refractivity contribution in [2.45, 2.75) is 45.4 Å². The Morgan fingerprint density at radius 2 is 2.17 bits per heavy atom. The lowest BCUT2D eigenvalue weighted by Crippen LogP contribution is -2.31. The van der Waals surface area contributed by atoms with E-state index >= 15 is 0 Å². The molecule has 0 aliphatic heterocycles. The number of nitrogens with zero attached hydrogens (tertiary/aromatic N) is 2. The van der Waals surface area contributed by atoms with Crippen LogP contribution in [0.5, 0.6) is 0 Å². The summed E-state index contributed by atoms with van der Waals surface area (Å²) in [6, 6.07) is 0. The maximum atomic E-state index is 12.0. The number of aromatic nitrogens is 2. The van der Waals surface area contributed by atoms with E-state index in [-0.39, 0.29) is 16.1 Å². The summed E-state index contributed by atoms with van der Waals surface area (Å²) in [6.07, 6.45) is 1.74. The number of amides is 1. The van der Waals surface area contributed by atoms with E-state index in [9.17, 15) is 4.79 Å². The summed E-state index contributed by atoms with van der Waals surface area (Å²) < 4.78 is 3.82. The number of carbonyl (C=O) groups is 1. The van der Waals surface area contributed by atoms with Gasteiger partial charge in [0.1, 0.15) is 4.88 Å². The van der Waals surface area contributed by atoms with Crippen LogP contribution in [0.25, 0.3) is 0 Å². The molecule has 102 valence electrons. The van der Waals surface area contributed by atoms with Gasteiger partial charge in [0, 0.05) is 11.4 Å². The molecular formula is C12H20BrN3OS. The zero-order valence-corrected chi connectivity index (χ0v) is 13.7. The monoisotopic (exact) mass is 333 g/mol. The smallest absolute Gasteiger partial charge is 0.264 e. The maximum absolute atomic E-state index is 12.0. The molecule has 0 fully saturated rings. The predicted molar refractivity (Wildman–Crippen MR) is 78.4 cm³/mol. The number of rotatable bonds is 5. The molecular weight excluding hydrogens is 314 g/mol. The second kappa shape index (κ2) is 6.61. The molecule has 0 radical (unpaired) electrons. The molecule has 0 spiro atoms.